The van der Waals surface area contributed by atoms with Gasteiger partial charge in [0.15, 0.2) is 0 Å². The molecule has 16 atom stereocenters. The van der Waals surface area contributed by atoms with Crippen LogP contribution >= 0.6 is 0 Å². The first-order chi connectivity index (χ1) is 12.8. The van der Waals surface area contributed by atoms with Crippen LogP contribution in [0.4, 0.5) is 0 Å². The maximum absolute atomic E-state index is 6.01. The summed E-state index contributed by atoms with van der Waals surface area (Å²) in [5, 5.41) is 0. The van der Waals surface area contributed by atoms with Crippen molar-refractivity contribution in [2.45, 2.75) is 37.9 Å². The lowest BCUT2D eigenvalue weighted by Gasteiger charge is -2.51. The number of methoxy groups -OCH3 is 2. The van der Waals surface area contributed by atoms with Crippen molar-refractivity contribution in [3.8, 4) is 0 Å². The summed E-state index contributed by atoms with van der Waals surface area (Å²) in [6, 6.07) is 0. The number of fused-ring (bicyclic) bond motifs is 23. The monoisotopic (exact) mass is 352 g/mol. The summed E-state index contributed by atoms with van der Waals surface area (Å²) < 4.78 is 12.0. The van der Waals surface area contributed by atoms with E-state index in [1.54, 1.807) is 12.8 Å². The highest BCUT2D eigenvalue weighted by atomic mass is 16.5. The summed E-state index contributed by atoms with van der Waals surface area (Å²) in [6.07, 6.45) is 12.2. The Morgan fingerprint density at radius 1 is 0.500 bits per heavy atom. The Balaban J connectivity index is 1.19. The zero-order valence-electron chi connectivity index (χ0n) is 16.0. The lowest BCUT2D eigenvalue weighted by atomic mass is 9.55. The van der Waals surface area contributed by atoms with Gasteiger partial charge in [0.2, 0.25) is 0 Å². The number of rotatable bonds is 2. The minimum atomic E-state index is 0.390. The van der Waals surface area contributed by atoms with E-state index in [0.717, 1.165) is 82.9 Å². The van der Waals surface area contributed by atoms with E-state index in [9.17, 15) is 0 Å². The average Bonchev–Trinajstić information content (AvgIpc) is 3.46. The fourth-order valence-corrected chi connectivity index (χ4v) is 12.0. The molecule has 0 aromatic carbocycles. The third-order valence-electron chi connectivity index (χ3n) is 11.8. The Morgan fingerprint density at radius 2 is 0.885 bits per heavy atom. The van der Waals surface area contributed by atoms with Crippen molar-refractivity contribution >= 4 is 0 Å². The Morgan fingerprint density at radius 3 is 1.35 bits per heavy atom. The highest BCUT2D eigenvalue weighted by molar-refractivity contribution is 5.28. The predicted octanol–water partition coefficient (Wildman–Crippen LogP) is 3.87. The first-order valence-corrected chi connectivity index (χ1v) is 11.6. The molecule has 0 spiro atoms. The van der Waals surface area contributed by atoms with Gasteiger partial charge < -0.3 is 9.47 Å². The second-order valence-electron chi connectivity index (χ2n) is 11.5. The minimum Gasteiger partial charge on any atom is -0.378 e. The molecule has 26 heavy (non-hydrogen) atoms. The van der Waals surface area contributed by atoms with Crippen LogP contribution in [0, 0.1) is 82.9 Å². The van der Waals surface area contributed by atoms with Gasteiger partial charge in [0.05, 0.1) is 12.2 Å². The average molecular weight is 353 g/mol. The fourth-order valence-electron chi connectivity index (χ4n) is 12.0. The summed E-state index contributed by atoms with van der Waals surface area (Å²) in [4.78, 5) is 0. The topological polar surface area (TPSA) is 18.5 Å². The van der Waals surface area contributed by atoms with E-state index in [4.69, 9.17) is 9.47 Å². The van der Waals surface area contributed by atoms with Crippen LogP contribution in [0.15, 0.2) is 12.2 Å². The van der Waals surface area contributed by atoms with Crippen LogP contribution in [0.2, 0.25) is 0 Å². The van der Waals surface area contributed by atoms with Crippen LogP contribution in [0.1, 0.15) is 25.7 Å². The maximum Gasteiger partial charge on any atom is 0.0866 e. The van der Waals surface area contributed by atoms with Gasteiger partial charge in [-0.25, -0.2) is 0 Å². The summed E-state index contributed by atoms with van der Waals surface area (Å²) in [6.45, 7) is 0. The Bertz CT molecular complexity index is 646. The molecule has 7 fully saturated rings. The van der Waals surface area contributed by atoms with Crippen LogP contribution in [-0.2, 0) is 9.47 Å². The van der Waals surface area contributed by atoms with E-state index in [1.807, 2.05) is 14.2 Å². The molecule has 2 nitrogen and oxygen atoms in total. The second-order valence-corrected chi connectivity index (χ2v) is 11.5. The van der Waals surface area contributed by atoms with Crippen LogP contribution in [-0.4, -0.2) is 26.4 Å². The summed E-state index contributed by atoms with van der Waals surface area (Å²) >= 11 is 0. The van der Waals surface area contributed by atoms with E-state index in [-0.39, 0.29) is 0 Å². The summed E-state index contributed by atoms with van der Waals surface area (Å²) in [5.41, 5.74) is 0. The van der Waals surface area contributed by atoms with Gasteiger partial charge in [-0.2, -0.15) is 0 Å². The SMILES string of the molecule is COC1C2CC(C1OC)C1C3CC(C21)C1C2CC(C4C5C=CC(C5)C24)C31. The molecule has 0 heterocycles. The number of allylic oxidation sites excluding steroid dienone is 2. The van der Waals surface area contributed by atoms with E-state index < -0.39 is 0 Å². The third kappa shape index (κ3) is 1.30. The van der Waals surface area contributed by atoms with Crippen LogP contribution < -0.4 is 0 Å². The Kier molecular flexibility index (Phi) is 2.51. The number of hydrogen-bond donors (Lipinski definition) is 0. The summed E-state index contributed by atoms with van der Waals surface area (Å²) in [5.74, 6) is 14.3. The molecule has 0 aliphatic heterocycles. The molecule has 0 aromatic heterocycles. The zero-order valence-corrected chi connectivity index (χ0v) is 16.0. The van der Waals surface area contributed by atoms with E-state index in [1.165, 1.54) is 12.8 Å². The molecule has 0 aromatic rings. The van der Waals surface area contributed by atoms with E-state index in [0.29, 0.717) is 12.2 Å². The molecule has 8 bridgehead atoms. The predicted molar refractivity (Wildman–Crippen MR) is 98.1 cm³/mol. The highest BCUT2D eigenvalue weighted by Gasteiger charge is 2.77. The first-order valence-electron chi connectivity index (χ1n) is 11.6. The van der Waals surface area contributed by atoms with Gasteiger partial charge in [0.1, 0.15) is 0 Å². The van der Waals surface area contributed by atoms with Gasteiger partial charge in [-0.1, -0.05) is 12.2 Å². The molecular weight excluding hydrogens is 320 g/mol. The summed E-state index contributed by atoms with van der Waals surface area (Å²) in [7, 11) is 3.87. The van der Waals surface area contributed by atoms with Gasteiger partial charge in [-0.3, -0.25) is 0 Å². The molecule has 7 saturated carbocycles. The maximum atomic E-state index is 6.01. The van der Waals surface area contributed by atoms with Crippen molar-refractivity contribution < 1.29 is 9.47 Å². The van der Waals surface area contributed by atoms with Crippen molar-refractivity contribution in [1.82, 2.24) is 0 Å². The molecule has 2 heteroatoms. The molecule has 8 rings (SSSR count). The lowest BCUT2D eigenvalue weighted by molar-refractivity contribution is -0.123. The van der Waals surface area contributed by atoms with Crippen LogP contribution in [0.3, 0.4) is 0 Å². The fraction of sp³-hybridized carbons (Fsp3) is 0.917. The number of hydrogen-bond acceptors (Lipinski definition) is 2. The first kappa shape index (κ1) is 14.6. The van der Waals surface area contributed by atoms with Crippen LogP contribution in [0.5, 0.6) is 0 Å². The Hall–Kier alpha value is -0.340. The van der Waals surface area contributed by atoms with Crippen molar-refractivity contribution in [2.75, 3.05) is 14.2 Å². The minimum absolute atomic E-state index is 0.390. The lowest BCUT2D eigenvalue weighted by Crippen LogP contribution is -2.51. The molecule has 0 saturated heterocycles. The third-order valence-corrected chi connectivity index (χ3v) is 11.8. The molecule has 0 N–H and O–H groups in total. The van der Waals surface area contributed by atoms with Crippen LogP contribution in [0.25, 0.3) is 0 Å². The normalized spacial score (nSPS) is 72.5. The Labute approximate surface area is 157 Å². The molecule has 8 aliphatic carbocycles. The highest BCUT2D eigenvalue weighted by Crippen LogP contribution is 2.80. The molecule has 16 unspecified atom stereocenters. The van der Waals surface area contributed by atoms with Gasteiger partial charge in [-0.05, 0) is 109 Å². The van der Waals surface area contributed by atoms with Gasteiger partial charge in [-0.15, -0.1) is 0 Å². The largest absolute Gasteiger partial charge is 0.378 e. The van der Waals surface area contributed by atoms with Gasteiger partial charge >= 0.3 is 0 Å². The molecule has 0 radical (unpaired) electrons. The second kappa shape index (κ2) is 4.46. The molecular formula is C24H32O2. The molecule has 8 aliphatic rings. The standard InChI is InChI=1S/C24H32O2/c1-25-23-15-8-16(24(23)26-2)22-14-7-13(21(15)22)19-11-6-12(20(14)19)18-10-4-3-9(5-10)17(11)18/h3-4,9-24H,5-8H2,1-2H3. The van der Waals surface area contributed by atoms with Crippen molar-refractivity contribution in [3.63, 3.8) is 0 Å². The zero-order chi connectivity index (χ0) is 16.9. The molecule has 0 amide bonds. The van der Waals surface area contributed by atoms with Crippen molar-refractivity contribution in [3.05, 3.63) is 12.2 Å². The van der Waals surface area contributed by atoms with Gasteiger partial charge in [0.25, 0.3) is 0 Å². The molecule has 140 valence electrons. The number of ether oxygens (including phenoxy) is 2. The van der Waals surface area contributed by atoms with E-state index >= 15 is 0 Å². The van der Waals surface area contributed by atoms with E-state index in [2.05, 4.69) is 12.2 Å². The van der Waals surface area contributed by atoms with Crippen molar-refractivity contribution in [2.24, 2.45) is 82.9 Å². The van der Waals surface area contributed by atoms with Gasteiger partial charge in [0, 0.05) is 14.2 Å². The smallest absolute Gasteiger partial charge is 0.0866 e. The van der Waals surface area contributed by atoms with Crippen molar-refractivity contribution in [1.29, 1.82) is 0 Å². The quantitative estimate of drug-likeness (QED) is 0.555.